The molecule has 3 aromatic rings. The molecule has 15 heteroatoms. The predicted octanol–water partition coefficient (Wildman–Crippen LogP) is 8.87. The molecule has 0 aliphatic carbocycles. The van der Waals surface area contributed by atoms with E-state index in [0.29, 0.717) is 23.3 Å². The molecule has 0 aromatic heterocycles. The molecule has 3 aromatic carbocycles. The van der Waals surface area contributed by atoms with Crippen molar-refractivity contribution in [2.75, 3.05) is 6.61 Å². The lowest BCUT2D eigenvalue weighted by Crippen LogP contribution is -2.67. The third-order valence-corrected chi connectivity index (χ3v) is 8.58. The first-order valence-corrected chi connectivity index (χ1v) is 16.4. The zero-order valence-electron chi connectivity index (χ0n) is 28.9. The SMILES string of the molecule is C[C@@H](OCC1(c2ccccc2)CC[C@H](NC(=O)OC(C)(C)C)[C@@H](CC(=O)O)N1C(=O)OCc1ccccc1)c1cc(C(F)(F)F)cc(C(F)(F)F)c1. The summed E-state index contributed by atoms with van der Waals surface area (Å²) >= 11 is 0. The van der Waals surface area contributed by atoms with E-state index in [-0.39, 0.29) is 25.5 Å². The van der Waals surface area contributed by atoms with E-state index in [1.165, 1.54) is 6.92 Å². The van der Waals surface area contributed by atoms with Crippen molar-refractivity contribution in [3.8, 4) is 0 Å². The number of hydrogen-bond donors (Lipinski definition) is 2. The van der Waals surface area contributed by atoms with Crippen molar-refractivity contribution >= 4 is 18.2 Å². The molecule has 1 unspecified atom stereocenters. The van der Waals surface area contributed by atoms with Crippen LogP contribution >= 0.6 is 0 Å². The van der Waals surface area contributed by atoms with Crippen LogP contribution in [0.25, 0.3) is 0 Å². The van der Waals surface area contributed by atoms with Gasteiger partial charge in [0.2, 0.25) is 0 Å². The molecule has 9 nitrogen and oxygen atoms in total. The number of carbonyl (C=O) groups is 3. The first-order chi connectivity index (χ1) is 24.2. The maximum atomic E-state index is 14.3. The van der Waals surface area contributed by atoms with Crippen molar-refractivity contribution in [1.82, 2.24) is 10.2 Å². The Kier molecular flexibility index (Phi) is 12.2. The average molecular weight is 739 g/mol. The maximum Gasteiger partial charge on any atom is 0.416 e. The highest BCUT2D eigenvalue weighted by Gasteiger charge is 2.53. The second-order valence-corrected chi connectivity index (χ2v) is 13.6. The predicted molar refractivity (Wildman–Crippen MR) is 176 cm³/mol. The second-order valence-electron chi connectivity index (χ2n) is 13.6. The Morgan fingerprint density at radius 3 is 1.98 bits per heavy atom. The summed E-state index contributed by atoms with van der Waals surface area (Å²) in [4.78, 5) is 40.8. The van der Waals surface area contributed by atoms with Crippen LogP contribution in [0.15, 0.2) is 78.9 Å². The van der Waals surface area contributed by atoms with Gasteiger partial charge < -0.3 is 24.6 Å². The monoisotopic (exact) mass is 738 g/mol. The van der Waals surface area contributed by atoms with E-state index in [1.54, 1.807) is 81.4 Å². The summed E-state index contributed by atoms with van der Waals surface area (Å²) < 4.78 is 99.5. The number of nitrogens with one attached hydrogen (secondary N) is 1. The van der Waals surface area contributed by atoms with Gasteiger partial charge in [0.05, 0.1) is 47.9 Å². The zero-order valence-corrected chi connectivity index (χ0v) is 28.9. The molecule has 1 fully saturated rings. The third kappa shape index (κ3) is 10.2. The average Bonchev–Trinajstić information content (AvgIpc) is 3.06. The number of carboxylic acids is 1. The van der Waals surface area contributed by atoms with E-state index in [0.717, 1.165) is 4.90 Å². The Morgan fingerprint density at radius 2 is 1.46 bits per heavy atom. The molecule has 1 heterocycles. The number of rotatable bonds is 10. The lowest BCUT2D eigenvalue weighted by molar-refractivity contribution is -0.144. The fourth-order valence-corrected chi connectivity index (χ4v) is 6.17. The first-order valence-electron chi connectivity index (χ1n) is 16.4. The fraction of sp³-hybridized carbons (Fsp3) is 0.432. The van der Waals surface area contributed by atoms with Gasteiger partial charge in [0.1, 0.15) is 12.2 Å². The van der Waals surface area contributed by atoms with Crippen LogP contribution in [0, 0.1) is 0 Å². The van der Waals surface area contributed by atoms with Crippen LogP contribution in [0.4, 0.5) is 35.9 Å². The van der Waals surface area contributed by atoms with Crippen molar-refractivity contribution in [2.24, 2.45) is 0 Å². The van der Waals surface area contributed by atoms with Crippen molar-refractivity contribution < 1.29 is 60.0 Å². The van der Waals surface area contributed by atoms with Crippen molar-refractivity contribution in [1.29, 1.82) is 0 Å². The Labute approximate surface area is 296 Å². The number of alkyl halides is 6. The quantitative estimate of drug-likeness (QED) is 0.200. The van der Waals surface area contributed by atoms with Gasteiger partial charge in [-0.15, -0.1) is 0 Å². The molecule has 52 heavy (non-hydrogen) atoms. The number of hydrogen-bond acceptors (Lipinski definition) is 6. The van der Waals surface area contributed by atoms with Gasteiger partial charge in [0.15, 0.2) is 0 Å². The number of carbonyl (C=O) groups excluding carboxylic acids is 2. The first kappa shape index (κ1) is 40.0. The second kappa shape index (κ2) is 15.8. The number of alkyl carbamates (subject to hydrolysis) is 1. The van der Waals surface area contributed by atoms with Crippen molar-refractivity contribution in [3.63, 3.8) is 0 Å². The van der Waals surface area contributed by atoms with Gasteiger partial charge in [0, 0.05) is 0 Å². The van der Waals surface area contributed by atoms with Crippen LogP contribution in [0.5, 0.6) is 0 Å². The number of likely N-dealkylation sites (tertiary alicyclic amines) is 1. The number of amides is 2. The Morgan fingerprint density at radius 1 is 0.904 bits per heavy atom. The molecule has 282 valence electrons. The maximum absolute atomic E-state index is 14.3. The number of ether oxygens (including phenoxy) is 3. The molecule has 2 amide bonds. The molecule has 1 saturated heterocycles. The van der Waals surface area contributed by atoms with Gasteiger partial charge in [-0.1, -0.05) is 60.7 Å². The van der Waals surface area contributed by atoms with E-state index < -0.39 is 89.6 Å². The molecule has 1 aliphatic heterocycles. The smallest absolute Gasteiger partial charge is 0.416 e. The highest BCUT2D eigenvalue weighted by atomic mass is 19.4. The van der Waals surface area contributed by atoms with E-state index in [1.807, 2.05) is 0 Å². The number of piperidine rings is 1. The normalized spacial score (nSPS) is 20.2. The van der Waals surface area contributed by atoms with Crippen LogP contribution in [-0.4, -0.2) is 52.5 Å². The highest BCUT2D eigenvalue weighted by Crippen LogP contribution is 2.44. The standard InChI is InChI=1S/C37H40F6N2O7/c1-23(25-17-27(36(38,39)40)19-28(18-25)37(41,42)43)51-22-35(26-13-9-6-10-14-26)16-15-29(44-32(48)52-34(2,3)4)30(20-31(46)47)45(35)33(49)50-21-24-11-7-5-8-12-24/h5-14,17-19,23,29-30H,15-16,20-22H2,1-4H3,(H,44,48)(H,46,47)/t23-,29+,30-,35?/m1/s1. The molecule has 0 spiro atoms. The van der Waals surface area contributed by atoms with E-state index in [9.17, 15) is 45.8 Å². The summed E-state index contributed by atoms with van der Waals surface area (Å²) in [7, 11) is 0. The molecule has 0 bridgehead atoms. The number of aliphatic carboxylic acids is 1. The number of nitrogens with zero attached hydrogens (tertiary/aromatic N) is 1. The van der Waals surface area contributed by atoms with Gasteiger partial charge in [-0.25, -0.2) is 9.59 Å². The van der Waals surface area contributed by atoms with E-state index >= 15 is 0 Å². The molecular weight excluding hydrogens is 698 g/mol. The molecule has 2 N–H and O–H groups in total. The molecule has 0 radical (unpaired) electrons. The van der Waals surface area contributed by atoms with Gasteiger partial charge in [-0.2, -0.15) is 26.3 Å². The van der Waals surface area contributed by atoms with Crippen LogP contribution in [0.2, 0.25) is 0 Å². The summed E-state index contributed by atoms with van der Waals surface area (Å²) in [6, 6.07) is 15.7. The molecule has 1 aliphatic rings. The minimum Gasteiger partial charge on any atom is -0.481 e. The topological polar surface area (TPSA) is 114 Å². The summed E-state index contributed by atoms with van der Waals surface area (Å²) in [5.74, 6) is -1.33. The van der Waals surface area contributed by atoms with Crippen LogP contribution in [-0.2, 0) is 43.5 Å². The highest BCUT2D eigenvalue weighted by molar-refractivity contribution is 5.74. The minimum atomic E-state index is -5.09. The molecule has 4 rings (SSSR count). The van der Waals surface area contributed by atoms with Crippen LogP contribution < -0.4 is 5.32 Å². The Balaban J connectivity index is 1.81. The number of benzene rings is 3. The van der Waals surface area contributed by atoms with E-state index in [4.69, 9.17) is 14.2 Å². The lowest BCUT2D eigenvalue weighted by atomic mass is 9.76. The van der Waals surface area contributed by atoms with Crippen molar-refractivity contribution in [3.05, 3.63) is 107 Å². The molecule has 0 saturated carbocycles. The minimum absolute atomic E-state index is 0.00283. The summed E-state index contributed by atoms with van der Waals surface area (Å²) in [6.07, 6.45) is -14.1. The fourth-order valence-electron chi connectivity index (χ4n) is 6.17. The van der Waals surface area contributed by atoms with Gasteiger partial charge in [-0.3, -0.25) is 9.69 Å². The summed E-state index contributed by atoms with van der Waals surface area (Å²) in [5, 5.41) is 12.7. The van der Waals surface area contributed by atoms with Crippen LogP contribution in [0.3, 0.4) is 0 Å². The van der Waals surface area contributed by atoms with Gasteiger partial charge in [-0.05, 0) is 75.4 Å². The van der Waals surface area contributed by atoms with Crippen LogP contribution in [0.1, 0.15) is 80.9 Å². The molecule has 4 atom stereocenters. The summed E-state index contributed by atoms with van der Waals surface area (Å²) in [5.41, 5.74) is -4.94. The van der Waals surface area contributed by atoms with Gasteiger partial charge in [0.25, 0.3) is 0 Å². The Bertz CT molecular complexity index is 1660. The third-order valence-electron chi connectivity index (χ3n) is 8.58. The van der Waals surface area contributed by atoms with Crippen molar-refractivity contribution in [2.45, 2.75) is 95.2 Å². The lowest BCUT2D eigenvalue weighted by Gasteiger charge is -2.53. The molecular formula is C37H40F6N2O7. The number of halogens is 6. The Hall–Kier alpha value is -4.79. The van der Waals surface area contributed by atoms with Gasteiger partial charge >= 0.3 is 30.5 Å². The largest absolute Gasteiger partial charge is 0.481 e. The van der Waals surface area contributed by atoms with E-state index in [2.05, 4.69) is 5.32 Å². The number of carboxylic acid groups (broad SMARTS) is 1. The summed E-state index contributed by atoms with van der Waals surface area (Å²) in [6.45, 7) is 5.44. The zero-order chi connectivity index (χ0) is 38.5.